The lowest BCUT2D eigenvalue weighted by molar-refractivity contribution is 0.00953. The number of aliphatic hydroxyl groups is 2. The number of benzene rings is 1. The lowest BCUT2D eigenvalue weighted by atomic mass is 9.92. The normalized spacial score (nSPS) is 16.6. The van der Waals surface area contributed by atoms with E-state index in [0.29, 0.717) is 17.7 Å². The van der Waals surface area contributed by atoms with E-state index in [9.17, 15) is 18.6 Å². The topological polar surface area (TPSA) is 74.6 Å². The summed E-state index contributed by atoms with van der Waals surface area (Å²) in [5.41, 5.74) is 0.961. The zero-order valence-corrected chi connectivity index (χ0v) is 13.1. The van der Waals surface area contributed by atoms with Crippen molar-refractivity contribution in [2.24, 2.45) is 0 Å². The van der Waals surface area contributed by atoms with E-state index in [1.807, 2.05) is 13.8 Å². The predicted molar refractivity (Wildman–Crippen MR) is 79.5 cm³/mol. The molecule has 3 unspecified atom stereocenters. The van der Waals surface area contributed by atoms with Crippen LogP contribution in [0.3, 0.4) is 0 Å². The van der Waals surface area contributed by atoms with Crippen molar-refractivity contribution in [1.82, 2.24) is 0 Å². The number of rotatable bonds is 7. The van der Waals surface area contributed by atoms with Crippen LogP contribution in [0.2, 0.25) is 0 Å². The van der Waals surface area contributed by atoms with Gasteiger partial charge in [-0.1, -0.05) is 32.9 Å². The first-order valence-corrected chi connectivity index (χ1v) is 8.65. The highest BCUT2D eigenvalue weighted by Gasteiger charge is 2.19. The van der Waals surface area contributed by atoms with E-state index in [0.717, 1.165) is 5.56 Å². The fourth-order valence-electron chi connectivity index (χ4n) is 2.10. The Hall–Kier alpha value is -0.910. The molecule has 0 bridgehead atoms. The van der Waals surface area contributed by atoms with E-state index in [1.165, 1.54) is 0 Å². The van der Waals surface area contributed by atoms with Gasteiger partial charge in [-0.2, -0.15) is 0 Å². The summed E-state index contributed by atoms with van der Waals surface area (Å²) in [5, 5.41) is 19.4. The molecule has 5 heteroatoms. The maximum absolute atomic E-state index is 11.7. The van der Waals surface area contributed by atoms with Gasteiger partial charge in [0, 0.05) is 0 Å². The fourth-order valence-corrected chi connectivity index (χ4v) is 2.98. The molecule has 0 amide bonds. The molecule has 1 rings (SSSR count). The van der Waals surface area contributed by atoms with E-state index in [1.54, 1.807) is 31.2 Å². The van der Waals surface area contributed by atoms with Crippen molar-refractivity contribution < 1.29 is 18.6 Å². The van der Waals surface area contributed by atoms with E-state index >= 15 is 0 Å². The molecule has 0 aromatic heterocycles. The van der Waals surface area contributed by atoms with Crippen molar-refractivity contribution in [3.8, 4) is 0 Å². The summed E-state index contributed by atoms with van der Waals surface area (Å²) < 4.78 is 23.4. The van der Waals surface area contributed by atoms with Gasteiger partial charge in [0.15, 0.2) is 9.84 Å². The molecule has 1 aromatic carbocycles. The third kappa shape index (κ3) is 4.30. The molecule has 0 fully saturated rings. The summed E-state index contributed by atoms with van der Waals surface area (Å²) in [6.07, 6.45) is -0.498. The van der Waals surface area contributed by atoms with Crippen molar-refractivity contribution in [3.05, 3.63) is 29.8 Å². The number of hydrogen-bond acceptors (Lipinski definition) is 4. The van der Waals surface area contributed by atoms with Gasteiger partial charge in [-0.15, -0.1) is 0 Å². The number of aliphatic hydroxyl groups excluding tert-OH is 2. The summed E-state index contributed by atoms with van der Waals surface area (Å²) in [6.45, 7) is 5.40. The largest absolute Gasteiger partial charge is 0.390 e. The molecular weight excluding hydrogens is 276 g/mol. The Morgan fingerprint density at radius 3 is 2.05 bits per heavy atom. The molecule has 3 atom stereocenters. The first-order valence-electron chi connectivity index (χ1n) is 7.00. The average molecular weight is 300 g/mol. The van der Waals surface area contributed by atoms with Crippen LogP contribution in [0, 0.1) is 0 Å². The molecule has 2 N–H and O–H groups in total. The first-order chi connectivity index (χ1) is 9.31. The molecule has 0 aliphatic rings. The molecule has 0 spiro atoms. The summed E-state index contributed by atoms with van der Waals surface area (Å²) >= 11 is 0. The van der Waals surface area contributed by atoms with Gasteiger partial charge in [-0.05, 0) is 36.5 Å². The Morgan fingerprint density at radius 2 is 1.60 bits per heavy atom. The van der Waals surface area contributed by atoms with Crippen LogP contribution < -0.4 is 0 Å². The maximum atomic E-state index is 11.7. The second-order valence-electron chi connectivity index (χ2n) is 5.15. The van der Waals surface area contributed by atoms with Crippen molar-refractivity contribution in [2.75, 3.05) is 5.75 Å². The van der Waals surface area contributed by atoms with Crippen LogP contribution in [-0.4, -0.2) is 36.6 Å². The van der Waals surface area contributed by atoms with E-state index in [-0.39, 0.29) is 11.7 Å². The third-order valence-corrected chi connectivity index (χ3v) is 5.40. The van der Waals surface area contributed by atoms with Gasteiger partial charge in [0.1, 0.15) is 0 Å². The molecular formula is C15H24O4S. The molecule has 0 saturated carbocycles. The second kappa shape index (κ2) is 7.20. The zero-order chi connectivity index (χ0) is 15.3. The van der Waals surface area contributed by atoms with Crippen LogP contribution >= 0.6 is 0 Å². The highest BCUT2D eigenvalue weighted by molar-refractivity contribution is 7.91. The van der Waals surface area contributed by atoms with Crippen molar-refractivity contribution in [2.45, 2.75) is 56.6 Å². The smallest absolute Gasteiger partial charge is 0.178 e. The van der Waals surface area contributed by atoms with Crippen LogP contribution in [0.15, 0.2) is 29.2 Å². The lowest BCUT2D eigenvalue weighted by Gasteiger charge is -2.20. The van der Waals surface area contributed by atoms with Gasteiger partial charge in [0.2, 0.25) is 0 Å². The average Bonchev–Trinajstić information content (AvgIpc) is 2.46. The van der Waals surface area contributed by atoms with Gasteiger partial charge in [0.05, 0.1) is 22.9 Å². The molecule has 114 valence electrons. The van der Waals surface area contributed by atoms with Crippen LogP contribution in [0.1, 0.15) is 45.1 Å². The monoisotopic (exact) mass is 300 g/mol. The quantitative estimate of drug-likeness (QED) is 0.808. The summed E-state index contributed by atoms with van der Waals surface area (Å²) in [4.78, 5) is 0.324. The number of hydrogen-bond donors (Lipinski definition) is 2. The van der Waals surface area contributed by atoms with Gasteiger partial charge in [0.25, 0.3) is 0 Å². The highest BCUT2D eigenvalue weighted by Crippen LogP contribution is 2.24. The molecule has 0 heterocycles. The molecule has 1 aromatic rings. The molecule has 0 radical (unpaired) electrons. The summed E-state index contributed by atoms with van der Waals surface area (Å²) in [6, 6.07) is 6.76. The van der Waals surface area contributed by atoms with Crippen LogP contribution in [0.25, 0.3) is 0 Å². The first kappa shape index (κ1) is 17.1. The Morgan fingerprint density at radius 1 is 1.05 bits per heavy atom. The van der Waals surface area contributed by atoms with Crippen molar-refractivity contribution in [3.63, 3.8) is 0 Å². The van der Waals surface area contributed by atoms with E-state index in [2.05, 4.69) is 0 Å². The summed E-state index contributed by atoms with van der Waals surface area (Å²) in [7, 11) is -3.17. The Kier molecular flexibility index (Phi) is 6.17. The van der Waals surface area contributed by atoms with Gasteiger partial charge < -0.3 is 10.2 Å². The van der Waals surface area contributed by atoms with Crippen molar-refractivity contribution in [1.29, 1.82) is 0 Å². The third-order valence-electron chi connectivity index (χ3n) is 3.65. The van der Waals surface area contributed by atoms with Crippen LogP contribution in [-0.2, 0) is 9.84 Å². The minimum Gasteiger partial charge on any atom is -0.390 e. The minimum absolute atomic E-state index is 0.0598. The molecule has 0 saturated heterocycles. The van der Waals surface area contributed by atoms with Crippen molar-refractivity contribution >= 4 is 9.84 Å². The molecule has 4 nitrogen and oxygen atoms in total. The standard InChI is InChI=1S/C15H24O4S/c1-4-14(16)15(17)10-11(3)12-6-8-13(9-7-12)20(18,19)5-2/h6-9,11,14-17H,4-5,10H2,1-3H3. The van der Waals surface area contributed by atoms with Gasteiger partial charge in [-0.3, -0.25) is 0 Å². The van der Waals surface area contributed by atoms with Gasteiger partial charge in [-0.25, -0.2) is 8.42 Å². The molecule has 0 aliphatic heterocycles. The Bertz CT molecular complexity index is 507. The minimum atomic E-state index is -3.17. The molecule has 0 aliphatic carbocycles. The predicted octanol–water partition coefficient (Wildman–Crippen LogP) is 2.11. The fraction of sp³-hybridized carbons (Fsp3) is 0.600. The van der Waals surface area contributed by atoms with Gasteiger partial charge >= 0.3 is 0 Å². The second-order valence-corrected chi connectivity index (χ2v) is 7.43. The Labute approximate surface area is 121 Å². The highest BCUT2D eigenvalue weighted by atomic mass is 32.2. The van der Waals surface area contributed by atoms with E-state index < -0.39 is 22.0 Å². The maximum Gasteiger partial charge on any atom is 0.178 e. The zero-order valence-electron chi connectivity index (χ0n) is 12.3. The van der Waals surface area contributed by atoms with Crippen LogP contribution in [0.4, 0.5) is 0 Å². The number of sulfone groups is 1. The van der Waals surface area contributed by atoms with E-state index in [4.69, 9.17) is 0 Å². The molecule has 20 heavy (non-hydrogen) atoms. The Balaban J connectivity index is 2.78. The lowest BCUT2D eigenvalue weighted by Crippen LogP contribution is -2.26. The van der Waals surface area contributed by atoms with Crippen LogP contribution in [0.5, 0.6) is 0 Å². The summed E-state index contributed by atoms with van der Waals surface area (Å²) in [5.74, 6) is 0.146. The SMILES string of the molecule is CCC(O)C(O)CC(C)c1ccc(S(=O)(=O)CC)cc1.